The highest BCUT2D eigenvalue weighted by Crippen LogP contribution is 2.24. The molecule has 7 nitrogen and oxygen atoms in total. The molecule has 2 aromatic rings. The normalized spacial score (nSPS) is 19.6. The second-order valence-electron chi connectivity index (χ2n) is 5.93. The van der Waals surface area contributed by atoms with Gasteiger partial charge in [-0.2, -0.15) is 4.68 Å². The highest BCUT2D eigenvalue weighted by Gasteiger charge is 2.28. The van der Waals surface area contributed by atoms with Crippen LogP contribution in [0, 0.1) is 5.92 Å². The van der Waals surface area contributed by atoms with Gasteiger partial charge in [0.1, 0.15) is 6.33 Å². The topological polar surface area (TPSA) is 89.9 Å². The number of likely N-dealkylation sites (tertiary alicyclic amines) is 1. The fourth-order valence-corrected chi connectivity index (χ4v) is 3.12. The average Bonchev–Trinajstić information content (AvgIpc) is 3.08. The first kappa shape index (κ1) is 15.9. The Balaban J connectivity index is 1.91. The summed E-state index contributed by atoms with van der Waals surface area (Å²) in [6, 6.07) is 5.20. The van der Waals surface area contributed by atoms with Crippen LogP contribution in [0.5, 0.6) is 0 Å². The number of carbonyl (C=O) groups excluding carboxylic acids is 1. The van der Waals surface area contributed by atoms with Crippen molar-refractivity contribution in [2.24, 2.45) is 11.7 Å². The molecule has 1 aromatic heterocycles. The molecule has 0 bridgehead atoms. The van der Waals surface area contributed by atoms with Crippen molar-refractivity contribution in [3.8, 4) is 5.69 Å². The Morgan fingerprint density at radius 2 is 2.30 bits per heavy atom. The van der Waals surface area contributed by atoms with E-state index in [-0.39, 0.29) is 11.9 Å². The first-order chi connectivity index (χ1) is 11.1. The average molecular weight is 335 g/mol. The molecule has 0 radical (unpaired) electrons. The molecule has 1 aliphatic heterocycles. The minimum absolute atomic E-state index is 0.0663. The maximum Gasteiger partial charge on any atom is 0.256 e. The Morgan fingerprint density at radius 3 is 3.00 bits per heavy atom. The predicted octanol–water partition coefficient (Wildman–Crippen LogP) is 1.52. The Hall–Kier alpha value is -1.99. The Bertz CT molecular complexity index is 687. The van der Waals surface area contributed by atoms with Crippen molar-refractivity contribution in [2.75, 3.05) is 13.1 Å². The first-order valence-electron chi connectivity index (χ1n) is 7.64. The summed E-state index contributed by atoms with van der Waals surface area (Å²) in [5.41, 5.74) is 7.12. The largest absolute Gasteiger partial charge is 0.338 e. The van der Waals surface area contributed by atoms with Gasteiger partial charge >= 0.3 is 0 Å². The van der Waals surface area contributed by atoms with E-state index < -0.39 is 0 Å². The number of nitrogens with two attached hydrogens (primary N) is 1. The van der Waals surface area contributed by atoms with E-state index in [2.05, 4.69) is 15.5 Å². The number of aromatic nitrogens is 4. The third kappa shape index (κ3) is 3.35. The summed E-state index contributed by atoms with van der Waals surface area (Å²) in [5, 5.41) is 11.6. The number of tetrazole rings is 1. The van der Waals surface area contributed by atoms with Crippen LogP contribution < -0.4 is 5.73 Å². The van der Waals surface area contributed by atoms with Gasteiger partial charge in [0.25, 0.3) is 5.91 Å². The third-order valence-corrected chi connectivity index (χ3v) is 4.51. The number of hydrogen-bond donors (Lipinski definition) is 1. The SMILES string of the molecule is CC(N)C1CCCN(C(=O)c2cc(Cl)ccc2-n2cnnn2)C1. The van der Waals surface area contributed by atoms with Crippen molar-refractivity contribution in [3.05, 3.63) is 35.1 Å². The van der Waals surface area contributed by atoms with Gasteiger partial charge in [0.05, 0.1) is 11.3 Å². The third-order valence-electron chi connectivity index (χ3n) is 4.27. The number of hydrogen-bond acceptors (Lipinski definition) is 5. The van der Waals surface area contributed by atoms with Crippen LogP contribution >= 0.6 is 11.6 Å². The zero-order valence-corrected chi connectivity index (χ0v) is 13.6. The molecular formula is C15H19ClN6O. The fourth-order valence-electron chi connectivity index (χ4n) is 2.94. The van der Waals surface area contributed by atoms with Gasteiger partial charge in [-0.3, -0.25) is 4.79 Å². The molecule has 3 rings (SSSR count). The van der Waals surface area contributed by atoms with Crippen LogP contribution in [-0.2, 0) is 0 Å². The molecule has 2 heterocycles. The summed E-state index contributed by atoms with van der Waals surface area (Å²) in [6.07, 6.45) is 3.47. The van der Waals surface area contributed by atoms with Crippen molar-refractivity contribution < 1.29 is 4.79 Å². The molecule has 122 valence electrons. The molecule has 8 heteroatoms. The van der Waals surface area contributed by atoms with Crippen molar-refractivity contribution in [1.29, 1.82) is 0 Å². The highest BCUT2D eigenvalue weighted by molar-refractivity contribution is 6.31. The van der Waals surface area contributed by atoms with Crippen LogP contribution in [0.3, 0.4) is 0 Å². The van der Waals surface area contributed by atoms with Crippen LogP contribution in [0.1, 0.15) is 30.1 Å². The predicted molar refractivity (Wildman–Crippen MR) is 86.4 cm³/mol. The molecule has 1 aliphatic rings. The number of carbonyl (C=O) groups is 1. The summed E-state index contributed by atoms with van der Waals surface area (Å²) in [7, 11) is 0. The standard InChI is InChI=1S/C15H19ClN6O/c1-10(17)11-3-2-6-21(8-11)15(23)13-7-12(16)4-5-14(13)22-9-18-19-20-22/h4-5,7,9-11H,2-3,6,8,17H2,1H3. The molecule has 2 atom stereocenters. The Kier molecular flexibility index (Phi) is 4.58. The van der Waals surface area contributed by atoms with Gasteiger partial charge in [-0.25, -0.2) is 0 Å². The van der Waals surface area contributed by atoms with Crippen LogP contribution in [0.25, 0.3) is 5.69 Å². The van der Waals surface area contributed by atoms with E-state index in [0.717, 1.165) is 19.4 Å². The van der Waals surface area contributed by atoms with Gasteiger partial charge in [0, 0.05) is 24.2 Å². The zero-order valence-electron chi connectivity index (χ0n) is 12.9. The second kappa shape index (κ2) is 6.64. The van der Waals surface area contributed by atoms with Crippen LogP contribution in [0.15, 0.2) is 24.5 Å². The highest BCUT2D eigenvalue weighted by atomic mass is 35.5. The molecule has 1 saturated heterocycles. The number of benzene rings is 1. The quantitative estimate of drug-likeness (QED) is 0.919. The van der Waals surface area contributed by atoms with E-state index in [1.807, 2.05) is 11.8 Å². The lowest BCUT2D eigenvalue weighted by atomic mass is 9.92. The van der Waals surface area contributed by atoms with Gasteiger partial charge in [0.2, 0.25) is 0 Å². The maximum atomic E-state index is 13.0. The van der Waals surface area contributed by atoms with Crippen LogP contribution in [0.4, 0.5) is 0 Å². The molecule has 2 N–H and O–H groups in total. The van der Waals surface area contributed by atoms with Gasteiger partial charge in [-0.15, -0.1) is 5.10 Å². The van der Waals surface area contributed by atoms with Crippen LogP contribution in [-0.4, -0.2) is 50.1 Å². The Morgan fingerprint density at radius 1 is 1.48 bits per heavy atom. The second-order valence-corrected chi connectivity index (χ2v) is 6.36. The number of nitrogens with zero attached hydrogens (tertiary/aromatic N) is 5. The summed E-state index contributed by atoms with van der Waals surface area (Å²) in [6.45, 7) is 3.38. The molecule has 23 heavy (non-hydrogen) atoms. The number of amides is 1. The number of piperidine rings is 1. The monoisotopic (exact) mass is 334 g/mol. The molecule has 1 amide bonds. The lowest BCUT2D eigenvalue weighted by molar-refractivity contribution is 0.0661. The maximum absolute atomic E-state index is 13.0. The molecule has 1 fully saturated rings. The van der Waals surface area contributed by atoms with Crippen molar-refractivity contribution in [3.63, 3.8) is 0 Å². The zero-order chi connectivity index (χ0) is 16.4. The van der Waals surface area contributed by atoms with E-state index in [0.29, 0.717) is 28.7 Å². The van der Waals surface area contributed by atoms with Gasteiger partial charge in [-0.1, -0.05) is 11.6 Å². The molecule has 2 unspecified atom stereocenters. The van der Waals surface area contributed by atoms with Crippen LogP contribution in [0.2, 0.25) is 5.02 Å². The fraction of sp³-hybridized carbons (Fsp3) is 0.467. The molecule has 0 saturated carbocycles. The smallest absolute Gasteiger partial charge is 0.256 e. The van der Waals surface area contributed by atoms with Crippen molar-refractivity contribution in [2.45, 2.75) is 25.8 Å². The van der Waals surface area contributed by atoms with E-state index in [4.69, 9.17) is 17.3 Å². The van der Waals surface area contributed by atoms with E-state index >= 15 is 0 Å². The van der Waals surface area contributed by atoms with E-state index in [9.17, 15) is 4.79 Å². The summed E-state index contributed by atoms with van der Waals surface area (Å²) >= 11 is 6.09. The van der Waals surface area contributed by atoms with Gasteiger partial charge < -0.3 is 10.6 Å². The lowest BCUT2D eigenvalue weighted by Gasteiger charge is -2.35. The molecular weight excluding hydrogens is 316 g/mol. The molecule has 0 spiro atoms. The van der Waals surface area contributed by atoms with E-state index in [1.54, 1.807) is 18.2 Å². The summed E-state index contributed by atoms with van der Waals surface area (Å²) < 4.78 is 1.47. The minimum atomic E-state index is -0.0663. The minimum Gasteiger partial charge on any atom is -0.338 e. The van der Waals surface area contributed by atoms with Crippen molar-refractivity contribution in [1.82, 2.24) is 25.1 Å². The molecule has 1 aromatic carbocycles. The number of rotatable bonds is 3. The van der Waals surface area contributed by atoms with E-state index in [1.165, 1.54) is 11.0 Å². The van der Waals surface area contributed by atoms with Crippen molar-refractivity contribution >= 4 is 17.5 Å². The lowest BCUT2D eigenvalue weighted by Crippen LogP contribution is -2.45. The first-order valence-corrected chi connectivity index (χ1v) is 8.02. The van der Waals surface area contributed by atoms with Gasteiger partial charge in [0.15, 0.2) is 0 Å². The summed E-state index contributed by atoms with van der Waals surface area (Å²) in [4.78, 5) is 14.8. The summed E-state index contributed by atoms with van der Waals surface area (Å²) in [5.74, 6) is 0.256. The Labute approximate surface area is 139 Å². The molecule has 0 aliphatic carbocycles. The number of halogens is 1. The van der Waals surface area contributed by atoms with Gasteiger partial charge in [-0.05, 0) is 54.3 Å².